The Balaban J connectivity index is 2.22. The highest BCUT2D eigenvalue weighted by Crippen LogP contribution is 2.15. The lowest BCUT2D eigenvalue weighted by atomic mass is 10.2. The van der Waals surface area contributed by atoms with Crippen LogP contribution in [0, 0.1) is 3.57 Å². The van der Waals surface area contributed by atoms with Crippen LogP contribution in [-0.2, 0) is 4.79 Å². The molecule has 18 heavy (non-hydrogen) atoms. The number of imide groups is 1. The average molecular weight is 356 g/mol. The van der Waals surface area contributed by atoms with Gasteiger partial charge in [-0.2, -0.15) is 0 Å². The van der Waals surface area contributed by atoms with E-state index < -0.39 is 0 Å². The van der Waals surface area contributed by atoms with Crippen LogP contribution in [0.2, 0.25) is 0 Å². The molecule has 1 fully saturated rings. The maximum Gasteiger partial charge on any atom is 0.329 e. The Hall–Kier alpha value is -1.37. The molecule has 1 heterocycles. The third kappa shape index (κ3) is 2.72. The number of amides is 3. The minimum Gasteiger partial charge on any atom is -0.303 e. The minimum atomic E-state index is -0.335. The zero-order valence-corrected chi connectivity index (χ0v) is 12.1. The number of carbonyl (C=O) groups is 2. The number of urea groups is 1. The van der Waals surface area contributed by atoms with Gasteiger partial charge in [0, 0.05) is 10.1 Å². The Bertz CT molecular complexity index is 508. The highest BCUT2D eigenvalue weighted by molar-refractivity contribution is 14.1. The van der Waals surface area contributed by atoms with E-state index >= 15 is 0 Å². The van der Waals surface area contributed by atoms with Crippen LogP contribution < -0.4 is 5.32 Å². The first-order chi connectivity index (χ1) is 8.61. The summed E-state index contributed by atoms with van der Waals surface area (Å²) in [6.07, 6.45) is 2.46. The van der Waals surface area contributed by atoms with E-state index in [-0.39, 0.29) is 11.9 Å². The molecule has 0 saturated carbocycles. The molecule has 3 amide bonds. The molecule has 0 spiro atoms. The number of rotatable bonds is 3. The summed E-state index contributed by atoms with van der Waals surface area (Å²) in [4.78, 5) is 24.8. The van der Waals surface area contributed by atoms with Gasteiger partial charge in [0.05, 0.1) is 0 Å². The summed E-state index contributed by atoms with van der Waals surface area (Å²) in [5, 5.41) is 2.60. The lowest BCUT2D eigenvalue weighted by molar-refractivity contribution is -0.122. The molecule has 1 aromatic rings. The monoisotopic (exact) mass is 356 g/mol. The number of hydrogen-bond acceptors (Lipinski definition) is 2. The quantitative estimate of drug-likeness (QED) is 0.514. The van der Waals surface area contributed by atoms with Crippen molar-refractivity contribution in [1.82, 2.24) is 10.2 Å². The Morgan fingerprint density at radius 3 is 2.56 bits per heavy atom. The van der Waals surface area contributed by atoms with Gasteiger partial charge in [-0.1, -0.05) is 19.1 Å². The van der Waals surface area contributed by atoms with Gasteiger partial charge in [-0.3, -0.25) is 9.69 Å². The molecule has 0 bridgehead atoms. The second-order valence-electron chi connectivity index (χ2n) is 4.00. The third-order valence-electron chi connectivity index (χ3n) is 2.59. The molecule has 2 rings (SSSR count). The van der Waals surface area contributed by atoms with Crippen molar-refractivity contribution in [1.29, 1.82) is 0 Å². The van der Waals surface area contributed by atoms with Crippen LogP contribution in [0.25, 0.3) is 6.08 Å². The molecule has 0 aliphatic carbocycles. The molecule has 94 valence electrons. The summed E-state index contributed by atoms with van der Waals surface area (Å²) in [7, 11) is 0. The summed E-state index contributed by atoms with van der Waals surface area (Å²) >= 11 is 2.22. The van der Waals surface area contributed by atoms with Crippen LogP contribution in [0.1, 0.15) is 18.9 Å². The Labute approximate surface area is 119 Å². The average Bonchev–Trinajstić information content (AvgIpc) is 2.60. The van der Waals surface area contributed by atoms with Gasteiger partial charge in [-0.15, -0.1) is 0 Å². The highest BCUT2D eigenvalue weighted by atomic mass is 127. The molecule has 0 aromatic heterocycles. The van der Waals surface area contributed by atoms with E-state index in [4.69, 9.17) is 0 Å². The van der Waals surface area contributed by atoms with Crippen molar-refractivity contribution in [3.05, 3.63) is 39.1 Å². The fraction of sp³-hybridized carbons (Fsp3) is 0.231. The highest BCUT2D eigenvalue weighted by Gasteiger charge is 2.32. The summed E-state index contributed by atoms with van der Waals surface area (Å²) in [6.45, 7) is 2.39. The van der Waals surface area contributed by atoms with Crippen LogP contribution in [0.3, 0.4) is 0 Å². The Morgan fingerprint density at radius 2 is 1.94 bits per heavy atom. The maximum absolute atomic E-state index is 11.9. The van der Waals surface area contributed by atoms with Crippen LogP contribution in [0.15, 0.2) is 30.0 Å². The van der Waals surface area contributed by atoms with E-state index in [2.05, 4.69) is 27.9 Å². The van der Waals surface area contributed by atoms with Gasteiger partial charge in [-0.25, -0.2) is 4.79 Å². The summed E-state index contributed by atoms with van der Waals surface area (Å²) in [5.74, 6) is -0.250. The van der Waals surface area contributed by atoms with E-state index in [1.165, 1.54) is 4.90 Å². The summed E-state index contributed by atoms with van der Waals surface area (Å²) in [6, 6.07) is 7.40. The molecule has 1 aromatic carbocycles. The number of halogens is 1. The van der Waals surface area contributed by atoms with Gasteiger partial charge in [0.25, 0.3) is 5.91 Å². The normalized spacial score (nSPS) is 17.4. The Kier molecular flexibility index (Phi) is 4.00. The maximum atomic E-state index is 11.9. The Morgan fingerprint density at radius 1 is 1.28 bits per heavy atom. The number of nitrogens with one attached hydrogen (secondary N) is 1. The molecule has 1 saturated heterocycles. The van der Waals surface area contributed by atoms with Gasteiger partial charge < -0.3 is 5.32 Å². The van der Waals surface area contributed by atoms with Crippen LogP contribution >= 0.6 is 22.6 Å². The zero-order valence-electron chi connectivity index (χ0n) is 9.94. The molecule has 1 aliphatic heterocycles. The van der Waals surface area contributed by atoms with Gasteiger partial charge in [0.15, 0.2) is 0 Å². The van der Waals surface area contributed by atoms with E-state index in [1.807, 2.05) is 31.2 Å². The second kappa shape index (κ2) is 5.51. The van der Waals surface area contributed by atoms with Crippen LogP contribution in [0.5, 0.6) is 0 Å². The van der Waals surface area contributed by atoms with Crippen molar-refractivity contribution in [2.45, 2.75) is 13.3 Å². The van der Waals surface area contributed by atoms with Crippen LogP contribution in [0.4, 0.5) is 4.79 Å². The van der Waals surface area contributed by atoms with E-state index in [1.54, 1.807) is 6.08 Å². The molecule has 0 radical (unpaired) electrons. The van der Waals surface area contributed by atoms with Gasteiger partial charge in [0.2, 0.25) is 0 Å². The number of hydrogen-bond donors (Lipinski definition) is 1. The lowest BCUT2D eigenvalue weighted by Gasteiger charge is -2.08. The smallest absolute Gasteiger partial charge is 0.303 e. The predicted molar refractivity (Wildman–Crippen MR) is 77.7 cm³/mol. The SMILES string of the molecule is CCCN1C(=O)N/C(=C/c2ccc(I)cc2)C1=O. The van der Waals surface area contributed by atoms with E-state index in [9.17, 15) is 9.59 Å². The fourth-order valence-corrected chi connectivity index (χ4v) is 2.08. The van der Waals surface area contributed by atoms with Crippen LogP contribution in [-0.4, -0.2) is 23.4 Å². The fourth-order valence-electron chi connectivity index (χ4n) is 1.72. The van der Waals surface area contributed by atoms with Crippen molar-refractivity contribution in [3.8, 4) is 0 Å². The van der Waals surface area contributed by atoms with Crippen molar-refractivity contribution in [2.24, 2.45) is 0 Å². The molecule has 4 nitrogen and oxygen atoms in total. The number of benzene rings is 1. The van der Waals surface area contributed by atoms with Gasteiger partial charge in [-0.05, 0) is 52.8 Å². The molecule has 0 unspecified atom stereocenters. The summed E-state index contributed by atoms with van der Waals surface area (Å²) < 4.78 is 1.13. The van der Waals surface area contributed by atoms with E-state index in [0.717, 1.165) is 15.6 Å². The minimum absolute atomic E-state index is 0.250. The van der Waals surface area contributed by atoms with Crippen molar-refractivity contribution < 1.29 is 9.59 Å². The largest absolute Gasteiger partial charge is 0.329 e. The second-order valence-corrected chi connectivity index (χ2v) is 5.24. The summed E-state index contributed by atoms with van der Waals surface area (Å²) in [5.41, 5.74) is 1.24. The molecular formula is C13H13IN2O2. The molecule has 1 N–H and O–H groups in total. The van der Waals surface area contributed by atoms with E-state index in [0.29, 0.717) is 12.2 Å². The zero-order chi connectivity index (χ0) is 13.1. The van der Waals surface area contributed by atoms with Crippen molar-refractivity contribution in [2.75, 3.05) is 6.54 Å². The topological polar surface area (TPSA) is 49.4 Å². The van der Waals surface area contributed by atoms with Crippen molar-refractivity contribution >= 4 is 40.6 Å². The molecule has 1 aliphatic rings. The standard InChI is InChI=1S/C13H13IN2O2/c1-2-7-16-12(17)11(15-13(16)18)8-9-3-5-10(14)6-4-9/h3-6,8H,2,7H2,1H3,(H,15,18)/b11-8+. The first kappa shape index (κ1) is 13.1. The lowest BCUT2D eigenvalue weighted by Crippen LogP contribution is -2.31. The first-order valence-electron chi connectivity index (χ1n) is 5.72. The van der Waals surface area contributed by atoms with Gasteiger partial charge >= 0.3 is 6.03 Å². The van der Waals surface area contributed by atoms with Crippen molar-refractivity contribution in [3.63, 3.8) is 0 Å². The molecular weight excluding hydrogens is 343 g/mol. The third-order valence-corrected chi connectivity index (χ3v) is 3.31. The number of nitrogens with zero attached hydrogens (tertiary/aromatic N) is 1. The van der Waals surface area contributed by atoms with Gasteiger partial charge in [0.1, 0.15) is 5.70 Å². The molecule has 5 heteroatoms. The first-order valence-corrected chi connectivity index (χ1v) is 6.80. The molecule has 0 atom stereocenters. The number of carbonyl (C=O) groups excluding carboxylic acids is 2. The predicted octanol–water partition coefficient (Wildman–Crippen LogP) is 2.59.